The summed E-state index contributed by atoms with van der Waals surface area (Å²) in [6.45, 7) is 0. The molecule has 0 bridgehead atoms. The molecule has 110 valence electrons. The molecule has 21 heavy (non-hydrogen) atoms. The molecule has 1 aliphatic carbocycles. The van der Waals surface area contributed by atoms with E-state index in [2.05, 4.69) is 38.4 Å². The molecule has 2 aromatic rings. The number of nitrogens with one attached hydrogen (secondary N) is 1. The second-order valence-electron chi connectivity index (χ2n) is 5.15. The van der Waals surface area contributed by atoms with Crippen LogP contribution < -0.4 is 10.1 Å². The number of halogens is 2. The van der Waals surface area contributed by atoms with Gasteiger partial charge in [-0.25, -0.2) is 4.98 Å². The predicted molar refractivity (Wildman–Crippen MR) is 89.2 cm³/mol. The van der Waals surface area contributed by atoms with Crippen LogP contribution in [0.1, 0.15) is 30.0 Å². The fourth-order valence-electron chi connectivity index (χ4n) is 2.77. The van der Waals surface area contributed by atoms with Crippen LogP contribution in [0.15, 0.2) is 34.9 Å². The van der Waals surface area contributed by atoms with Gasteiger partial charge < -0.3 is 10.1 Å². The molecule has 3 nitrogen and oxygen atoms in total. The van der Waals surface area contributed by atoms with Crippen LogP contribution in [0.2, 0.25) is 5.15 Å². The number of anilines is 1. The maximum absolute atomic E-state index is 6.18. The van der Waals surface area contributed by atoms with E-state index >= 15 is 0 Å². The number of methoxy groups -OCH3 is 1. The lowest BCUT2D eigenvalue weighted by Gasteiger charge is -2.28. The third-order valence-electron chi connectivity index (χ3n) is 3.80. The van der Waals surface area contributed by atoms with E-state index in [-0.39, 0.29) is 6.04 Å². The Hall–Kier alpha value is -1.26. The van der Waals surface area contributed by atoms with E-state index in [1.165, 1.54) is 11.1 Å². The number of hydrogen-bond donors (Lipinski definition) is 1. The second kappa shape index (κ2) is 6.24. The standard InChI is InChI=1S/C16H16BrClN2O/c1-21-12-6-5-10-3-2-4-14(13(10)8-12)20-15-7-11(17)9-19-16(15)18/h5-9,14,20H,2-4H2,1H3. The van der Waals surface area contributed by atoms with Gasteiger partial charge in [0.1, 0.15) is 5.75 Å². The van der Waals surface area contributed by atoms with Crippen LogP contribution in [0, 0.1) is 0 Å². The smallest absolute Gasteiger partial charge is 0.152 e. The molecule has 0 aliphatic heterocycles. The van der Waals surface area contributed by atoms with Crippen molar-refractivity contribution in [3.05, 3.63) is 51.2 Å². The molecule has 1 heterocycles. The van der Waals surface area contributed by atoms with Gasteiger partial charge in [-0.15, -0.1) is 0 Å². The van der Waals surface area contributed by atoms with Crippen molar-refractivity contribution in [1.82, 2.24) is 4.98 Å². The highest BCUT2D eigenvalue weighted by Crippen LogP contribution is 2.36. The van der Waals surface area contributed by atoms with Gasteiger partial charge in [0.2, 0.25) is 0 Å². The van der Waals surface area contributed by atoms with Gasteiger partial charge in [0.05, 0.1) is 18.8 Å². The molecule has 0 fully saturated rings. The third kappa shape index (κ3) is 3.16. The molecule has 1 aliphatic rings. The zero-order valence-corrected chi connectivity index (χ0v) is 14.0. The number of aromatic nitrogens is 1. The van der Waals surface area contributed by atoms with E-state index in [1.807, 2.05) is 12.1 Å². The van der Waals surface area contributed by atoms with Crippen LogP contribution in [0.4, 0.5) is 5.69 Å². The lowest BCUT2D eigenvalue weighted by molar-refractivity contribution is 0.413. The number of ether oxygens (including phenoxy) is 1. The lowest BCUT2D eigenvalue weighted by Crippen LogP contribution is -2.17. The summed E-state index contributed by atoms with van der Waals surface area (Å²) in [6.07, 6.45) is 5.05. The molecule has 1 atom stereocenters. The first-order chi connectivity index (χ1) is 10.2. The van der Waals surface area contributed by atoms with E-state index in [4.69, 9.17) is 16.3 Å². The summed E-state index contributed by atoms with van der Waals surface area (Å²) in [5.41, 5.74) is 3.52. The Balaban J connectivity index is 1.92. The zero-order chi connectivity index (χ0) is 14.8. The third-order valence-corrected chi connectivity index (χ3v) is 4.54. The summed E-state index contributed by atoms with van der Waals surface area (Å²) in [5, 5.41) is 4.01. The normalized spacial score (nSPS) is 17.2. The molecule has 0 radical (unpaired) electrons. The van der Waals surface area contributed by atoms with Crippen LogP contribution in [0.3, 0.4) is 0 Å². The van der Waals surface area contributed by atoms with Gasteiger partial charge in [0, 0.05) is 10.7 Å². The first-order valence-electron chi connectivity index (χ1n) is 6.92. The average molecular weight is 368 g/mol. The highest BCUT2D eigenvalue weighted by molar-refractivity contribution is 9.10. The number of rotatable bonds is 3. The highest BCUT2D eigenvalue weighted by atomic mass is 79.9. The second-order valence-corrected chi connectivity index (χ2v) is 6.42. The Morgan fingerprint density at radius 2 is 2.24 bits per heavy atom. The Morgan fingerprint density at radius 3 is 3.05 bits per heavy atom. The number of fused-ring (bicyclic) bond motifs is 1. The maximum atomic E-state index is 6.18. The molecule has 3 rings (SSSR count). The maximum Gasteiger partial charge on any atom is 0.152 e. The van der Waals surface area contributed by atoms with Crippen LogP contribution >= 0.6 is 27.5 Å². The van der Waals surface area contributed by atoms with Crippen LogP contribution in [0.5, 0.6) is 5.75 Å². The number of pyridine rings is 1. The summed E-state index contributed by atoms with van der Waals surface area (Å²) >= 11 is 9.62. The van der Waals surface area contributed by atoms with Gasteiger partial charge in [-0.2, -0.15) is 0 Å². The average Bonchev–Trinajstić information content (AvgIpc) is 2.51. The monoisotopic (exact) mass is 366 g/mol. The molecule has 1 aromatic heterocycles. The van der Waals surface area contributed by atoms with Gasteiger partial charge in [0.15, 0.2) is 5.15 Å². The molecule has 0 saturated carbocycles. The summed E-state index contributed by atoms with van der Waals surface area (Å²) in [5.74, 6) is 0.890. The van der Waals surface area contributed by atoms with E-state index in [0.29, 0.717) is 5.15 Å². The van der Waals surface area contributed by atoms with Crippen molar-refractivity contribution in [2.45, 2.75) is 25.3 Å². The number of benzene rings is 1. The van der Waals surface area contributed by atoms with E-state index < -0.39 is 0 Å². The van der Waals surface area contributed by atoms with Crippen LogP contribution in [-0.2, 0) is 6.42 Å². The van der Waals surface area contributed by atoms with Crippen molar-refractivity contribution in [3.8, 4) is 5.75 Å². The molecule has 0 amide bonds. The minimum Gasteiger partial charge on any atom is -0.497 e. The van der Waals surface area contributed by atoms with Crippen molar-refractivity contribution in [3.63, 3.8) is 0 Å². The fraction of sp³-hybridized carbons (Fsp3) is 0.312. The lowest BCUT2D eigenvalue weighted by atomic mass is 9.87. The Kier molecular flexibility index (Phi) is 4.36. The van der Waals surface area contributed by atoms with Gasteiger partial charge in [0.25, 0.3) is 0 Å². The van der Waals surface area contributed by atoms with Crippen molar-refractivity contribution in [1.29, 1.82) is 0 Å². The molecular weight excluding hydrogens is 352 g/mol. The zero-order valence-electron chi connectivity index (χ0n) is 11.7. The minimum atomic E-state index is 0.234. The van der Waals surface area contributed by atoms with Crippen molar-refractivity contribution < 1.29 is 4.74 Å². The van der Waals surface area contributed by atoms with Crippen molar-refractivity contribution in [2.24, 2.45) is 0 Å². The summed E-state index contributed by atoms with van der Waals surface area (Å²) < 4.78 is 6.26. The number of nitrogens with zero attached hydrogens (tertiary/aromatic N) is 1. The quantitative estimate of drug-likeness (QED) is 0.776. The Bertz CT molecular complexity index is 663. The van der Waals surface area contributed by atoms with Crippen molar-refractivity contribution >= 4 is 33.2 Å². The summed E-state index contributed by atoms with van der Waals surface area (Å²) in [6, 6.07) is 8.49. The van der Waals surface area contributed by atoms with Gasteiger partial charge >= 0.3 is 0 Å². The molecule has 0 spiro atoms. The molecule has 5 heteroatoms. The first kappa shape index (κ1) is 14.7. The molecular formula is C16H16BrClN2O. The Labute approximate surface area is 137 Å². The van der Waals surface area contributed by atoms with Crippen LogP contribution in [0.25, 0.3) is 0 Å². The SMILES string of the molecule is COc1ccc2c(c1)C(Nc1cc(Br)cnc1Cl)CCC2. The predicted octanol–water partition coefficient (Wildman–Crippen LogP) is 5.00. The van der Waals surface area contributed by atoms with Gasteiger partial charge in [-0.05, 0) is 64.5 Å². The van der Waals surface area contributed by atoms with Crippen LogP contribution in [-0.4, -0.2) is 12.1 Å². The highest BCUT2D eigenvalue weighted by Gasteiger charge is 2.21. The van der Waals surface area contributed by atoms with Crippen molar-refractivity contribution in [2.75, 3.05) is 12.4 Å². The molecule has 1 unspecified atom stereocenters. The van der Waals surface area contributed by atoms with E-state index in [1.54, 1.807) is 13.3 Å². The van der Waals surface area contributed by atoms with Gasteiger partial charge in [-0.1, -0.05) is 17.7 Å². The summed E-state index contributed by atoms with van der Waals surface area (Å²) in [7, 11) is 1.70. The number of aryl methyl sites for hydroxylation is 1. The Morgan fingerprint density at radius 1 is 1.38 bits per heavy atom. The first-order valence-corrected chi connectivity index (χ1v) is 8.09. The van der Waals surface area contributed by atoms with E-state index in [9.17, 15) is 0 Å². The fourth-order valence-corrected chi connectivity index (χ4v) is 3.25. The van der Waals surface area contributed by atoms with E-state index in [0.717, 1.165) is 35.2 Å². The topological polar surface area (TPSA) is 34.1 Å². The van der Waals surface area contributed by atoms with Gasteiger partial charge in [-0.3, -0.25) is 0 Å². The molecule has 0 saturated heterocycles. The summed E-state index contributed by atoms with van der Waals surface area (Å²) in [4.78, 5) is 4.17. The molecule has 1 N–H and O–H groups in total. The molecule has 1 aromatic carbocycles. The minimum absolute atomic E-state index is 0.234. The number of hydrogen-bond acceptors (Lipinski definition) is 3. The largest absolute Gasteiger partial charge is 0.497 e.